The molecule has 20 heteroatoms. The largest absolute Gasteiger partial charge is 0.443 e. The van der Waals surface area contributed by atoms with Gasteiger partial charge in [-0.2, -0.15) is 0 Å². The van der Waals surface area contributed by atoms with Crippen LogP contribution in [0.5, 0.6) is 0 Å². The Labute approximate surface area is 685 Å². The normalized spacial score (nSPS) is 12.7. The summed E-state index contributed by atoms with van der Waals surface area (Å²) in [6.45, 7) is 30.3. The molecule has 0 amide bonds. The van der Waals surface area contributed by atoms with Gasteiger partial charge in [-0.3, -0.25) is 0 Å². The monoisotopic (exact) mass is 1570 g/mol. The smallest absolute Gasteiger partial charge is 0.294 e. The zero-order chi connectivity index (χ0) is 82.3. The summed E-state index contributed by atoms with van der Waals surface area (Å²) in [6.07, 6.45) is 12.8. The van der Waals surface area contributed by atoms with E-state index < -0.39 is 0 Å². The minimum Gasteiger partial charge on any atom is -0.443 e. The zero-order valence-electron chi connectivity index (χ0n) is 70.9. The molecule has 0 N–H and O–H groups in total. The van der Waals surface area contributed by atoms with E-state index in [1.54, 1.807) is 6.39 Å². The van der Waals surface area contributed by atoms with E-state index in [2.05, 4.69) is 347 Å². The maximum absolute atomic E-state index is 5.82. The number of rotatable bonds is 10. The van der Waals surface area contributed by atoms with Gasteiger partial charge in [0.05, 0.1) is 54.4 Å². The maximum Gasteiger partial charge on any atom is 0.294 e. The van der Waals surface area contributed by atoms with Crippen molar-refractivity contribution in [3.05, 3.63) is 242 Å². The van der Waals surface area contributed by atoms with Gasteiger partial charge in [0.25, 0.3) is 29.1 Å². The lowest BCUT2D eigenvalue weighted by molar-refractivity contribution is -0.634. The van der Waals surface area contributed by atoms with Crippen LogP contribution in [0.1, 0.15) is 121 Å². The highest BCUT2D eigenvalue weighted by atomic mass is 16.3. The highest BCUT2D eigenvalue weighted by Gasteiger charge is 2.38. The third-order valence-electron chi connectivity index (χ3n) is 23.7. The van der Waals surface area contributed by atoms with Gasteiger partial charge in [-0.15, -0.1) is 0 Å². The van der Waals surface area contributed by atoms with E-state index in [-0.39, 0.29) is 5.54 Å². The molecule has 0 atom stereocenters. The first-order valence-electron chi connectivity index (χ1n) is 41.1. The molecule has 0 aliphatic heterocycles. The molecule has 0 spiro atoms. The SMILES string of the molecule is CCn1c(-c2c(C)ccc3ncoc23)[n+](C)c2ccccc21.Cc1ccc2ncoc2c1-c1n(C(C)(C)C)c2ccccc2[n+]1C.Cc1ccc2ncoc2c1-c1n(C(C)C)c2ccccc2[n+]1C.Cc1ccc2ncoc2c1-c1n(C2CCCC2)c2ccccc2[n+]1C.Cc1ccc2ncoc2c1-c1n(CC(C)C)c2ccccc2[n+]1C. The molecule has 1 fully saturated rings. The molecular weight excluding hydrogens is 1470 g/mol. The van der Waals surface area contributed by atoms with Gasteiger partial charge in [-0.1, -0.05) is 105 Å². The Balaban J connectivity index is 0.000000106. The Morgan fingerprint density at radius 1 is 0.356 bits per heavy atom. The summed E-state index contributed by atoms with van der Waals surface area (Å²) in [4.78, 5) is 21.7. The van der Waals surface area contributed by atoms with Crippen LogP contribution in [0.4, 0.5) is 0 Å². The van der Waals surface area contributed by atoms with Crippen LogP contribution in [0.3, 0.4) is 0 Å². The predicted molar refractivity (Wildman–Crippen MR) is 468 cm³/mol. The second-order valence-electron chi connectivity index (χ2n) is 33.2. The average molecular weight is 1570 g/mol. The Morgan fingerprint density at radius 3 is 1.04 bits per heavy atom. The van der Waals surface area contributed by atoms with Crippen molar-refractivity contribution in [3.63, 3.8) is 0 Å². The van der Waals surface area contributed by atoms with E-state index in [9.17, 15) is 0 Å². The fourth-order valence-corrected chi connectivity index (χ4v) is 18.4. The molecule has 10 heterocycles. The summed E-state index contributed by atoms with van der Waals surface area (Å²) in [5.74, 6) is 6.40. The first-order chi connectivity index (χ1) is 57.0. The van der Waals surface area contributed by atoms with Crippen LogP contribution in [-0.2, 0) is 53.9 Å². The lowest BCUT2D eigenvalue weighted by atomic mass is 10.0. The van der Waals surface area contributed by atoms with Crippen LogP contribution in [0.2, 0.25) is 0 Å². The Hall–Kier alpha value is -13.1. The fraction of sp³-hybridized carbons (Fsp3) is 0.286. The highest BCUT2D eigenvalue weighted by Crippen LogP contribution is 2.42. The van der Waals surface area contributed by atoms with Crippen LogP contribution in [0, 0.1) is 40.5 Å². The molecular formula is C98H104N15O5+5. The molecule has 0 unspecified atom stereocenters. The lowest BCUT2D eigenvalue weighted by Crippen LogP contribution is -2.33. The minimum absolute atomic E-state index is 0.0647. The molecule has 0 bridgehead atoms. The summed E-state index contributed by atoms with van der Waals surface area (Å²) in [7, 11) is 10.6. The van der Waals surface area contributed by atoms with Crippen LogP contribution in [-0.4, -0.2) is 47.8 Å². The summed E-state index contributed by atoms with van der Waals surface area (Å²) >= 11 is 0. The van der Waals surface area contributed by atoms with Crippen molar-refractivity contribution in [3.8, 4) is 56.9 Å². The van der Waals surface area contributed by atoms with Crippen molar-refractivity contribution in [1.29, 1.82) is 0 Å². The van der Waals surface area contributed by atoms with Crippen molar-refractivity contribution >= 4 is 111 Å². The molecule has 20 nitrogen and oxygen atoms in total. The van der Waals surface area contributed by atoms with Crippen LogP contribution < -0.4 is 22.8 Å². The number of aryl methyl sites for hydroxylation is 11. The second kappa shape index (κ2) is 31.2. The predicted octanol–water partition coefficient (Wildman–Crippen LogP) is 21.0. The van der Waals surface area contributed by atoms with E-state index in [1.165, 1.54) is 151 Å². The van der Waals surface area contributed by atoms with Gasteiger partial charge >= 0.3 is 0 Å². The first kappa shape index (κ1) is 77.5. The average Bonchev–Trinajstić information content (AvgIpc) is 1.60. The molecule has 10 aromatic carbocycles. The van der Waals surface area contributed by atoms with Gasteiger partial charge in [0.1, 0.15) is 67.0 Å². The Morgan fingerprint density at radius 2 is 0.653 bits per heavy atom. The van der Waals surface area contributed by atoms with Gasteiger partial charge in [0.15, 0.2) is 115 Å². The minimum atomic E-state index is -0.0647. The topological polar surface area (TPSA) is 174 Å². The molecule has 1 saturated carbocycles. The number of benzene rings is 10. The van der Waals surface area contributed by atoms with Gasteiger partial charge in [-0.25, -0.2) is 70.6 Å². The Kier molecular flexibility index (Phi) is 20.5. The molecule has 596 valence electrons. The van der Waals surface area contributed by atoms with Crippen molar-refractivity contribution in [2.45, 2.75) is 146 Å². The molecule has 1 aliphatic rings. The summed E-state index contributed by atoms with van der Waals surface area (Å²) in [6, 6.07) is 64.4. The van der Waals surface area contributed by atoms with Gasteiger partial charge in [-0.05, 0) is 227 Å². The maximum atomic E-state index is 5.82. The number of aromatic nitrogens is 15. The summed E-state index contributed by atoms with van der Waals surface area (Å²) in [5, 5.41) is 0. The van der Waals surface area contributed by atoms with Gasteiger partial charge in [0.2, 0.25) is 0 Å². The van der Waals surface area contributed by atoms with Crippen molar-refractivity contribution in [2.75, 3.05) is 0 Å². The third kappa shape index (κ3) is 13.3. The summed E-state index contributed by atoms with van der Waals surface area (Å²) < 4.78 is 52.2. The van der Waals surface area contributed by atoms with Gasteiger partial charge < -0.3 is 22.1 Å². The van der Waals surface area contributed by atoms with Crippen molar-refractivity contribution < 1.29 is 44.9 Å². The molecule has 0 saturated heterocycles. The number of fused-ring (bicyclic) bond motifs is 10. The number of hydrogen-bond donors (Lipinski definition) is 0. The van der Waals surface area contributed by atoms with Crippen molar-refractivity contribution in [1.82, 2.24) is 47.8 Å². The highest BCUT2D eigenvalue weighted by molar-refractivity contribution is 5.96. The van der Waals surface area contributed by atoms with E-state index in [0.29, 0.717) is 18.0 Å². The van der Waals surface area contributed by atoms with Crippen LogP contribution in [0.25, 0.3) is 168 Å². The molecule has 10 aromatic heterocycles. The Bertz CT molecular complexity index is 7180. The fourth-order valence-electron chi connectivity index (χ4n) is 18.4. The zero-order valence-corrected chi connectivity index (χ0v) is 70.9. The van der Waals surface area contributed by atoms with E-state index in [4.69, 9.17) is 22.1 Å². The second-order valence-corrected chi connectivity index (χ2v) is 33.2. The number of nitrogens with zero attached hydrogens (tertiary/aromatic N) is 15. The standard InChI is InChI=1S/C21H22N3O.2C20H22N3O.C19H20N3O.C18H18N3O/c1-14-11-12-16-20(25-13-22-16)19(14)21-23(2)17-9-5-6-10-18(17)24(21)15-7-3-4-8-15;1-13-10-11-14-18(24-12-21-14)17(13)19-22(5)15-8-6-7-9-16(15)23(19)20(2,3)4;1-13(2)11-23-17-8-6-5-7-16(17)22(4)20(23)18-14(3)9-10-15-19(18)24-12-21-15;1-12(2)22-16-8-6-5-7-15(16)21(4)19(22)17-13(3)9-10-14-18(17)23-11-20-14;1-4-21-15-8-6-5-7-14(15)20(3)18(21)16-12(2)9-10-13-17(16)22-11-19-13/h5-6,9-13,15H,3-4,7-8H2,1-2H3;6-12H,1-5H3;5-10,12-13H,11H2,1-4H3;5-12H,1-4H3;5-11H,4H2,1-3H3/q5*+1. The molecule has 20 aromatic rings. The number of oxazole rings is 5. The quantitative estimate of drug-likeness (QED) is 0.120. The molecule has 0 radical (unpaired) electrons. The number of imidazole rings is 5. The molecule has 21 rings (SSSR count). The first-order valence-corrected chi connectivity index (χ1v) is 41.1. The van der Waals surface area contributed by atoms with Gasteiger partial charge in [0, 0.05) is 0 Å². The van der Waals surface area contributed by atoms with E-state index >= 15 is 0 Å². The molecule has 118 heavy (non-hydrogen) atoms. The summed E-state index contributed by atoms with van der Waals surface area (Å²) in [5.41, 5.74) is 32.7. The van der Waals surface area contributed by atoms with Crippen molar-refractivity contribution in [2.24, 2.45) is 41.2 Å². The third-order valence-corrected chi connectivity index (χ3v) is 23.7. The lowest BCUT2D eigenvalue weighted by Gasteiger charge is -2.18. The van der Waals surface area contributed by atoms with Crippen LogP contribution in [0.15, 0.2) is 236 Å². The number of para-hydroxylation sites is 10. The van der Waals surface area contributed by atoms with Crippen LogP contribution >= 0.6 is 0 Å². The molecule has 1 aliphatic carbocycles. The number of hydrogen-bond acceptors (Lipinski definition) is 10. The van der Waals surface area contributed by atoms with E-state index in [0.717, 1.165) is 108 Å². The van der Waals surface area contributed by atoms with E-state index in [1.807, 2.05) is 30.3 Å².